The molecule has 17 heavy (non-hydrogen) atoms. The Labute approximate surface area is 116 Å². The molecule has 2 rings (SSSR count). The van der Waals surface area contributed by atoms with Crippen LogP contribution in [0, 0.1) is 15.4 Å². The van der Waals surface area contributed by atoms with Crippen molar-refractivity contribution in [3.05, 3.63) is 26.8 Å². The minimum absolute atomic E-state index is 0.277. The highest BCUT2D eigenvalue weighted by atomic mass is 127. The van der Waals surface area contributed by atoms with E-state index < -0.39 is 17.8 Å². The molecule has 2 N–H and O–H groups in total. The molecule has 0 heterocycles. The van der Waals surface area contributed by atoms with Crippen molar-refractivity contribution in [1.82, 2.24) is 0 Å². The number of amides is 1. The van der Waals surface area contributed by atoms with E-state index in [0.717, 1.165) is 3.57 Å². The number of carboxylic acids is 1. The minimum atomic E-state index is -0.918. The highest BCUT2D eigenvalue weighted by molar-refractivity contribution is 14.1. The predicted octanol–water partition coefficient (Wildman–Crippen LogP) is 2.60. The lowest BCUT2D eigenvalue weighted by molar-refractivity contribution is -0.139. The standard InChI is InChI=1S/C11H9ClINO3/c12-8-3-5(13)1-2-9(8)14-10(15)6-4-7(6)11(16)17/h1-3,6-7H,4H2,(H,14,15)(H,16,17). The van der Waals surface area contributed by atoms with Crippen molar-refractivity contribution in [1.29, 1.82) is 0 Å². The lowest BCUT2D eigenvalue weighted by Gasteiger charge is -2.06. The van der Waals surface area contributed by atoms with Crippen molar-refractivity contribution in [2.75, 3.05) is 5.32 Å². The lowest BCUT2D eigenvalue weighted by Crippen LogP contribution is -2.17. The highest BCUT2D eigenvalue weighted by Crippen LogP contribution is 2.39. The van der Waals surface area contributed by atoms with Crippen LogP contribution in [-0.4, -0.2) is 17.0 Å². The first kappa shape index (κ1) is 12.6. The summed E-state index contributed by atoms with van der Waals surface area (Å²) in [5.41, 5.74) is 0.521. The molecule has 0 aliphatic heterocycles. The average Bonchev–Trinajstić information content (AvgIpc) is 3.01. The zero-order chi connectivity index (χ0) is 12.6. The van der Waals surface area contributed by atoms with Crippen LogP contribution < -0.4 is 5.32 Å². The fourth-order valence-corrected chi connectivity index (χ4v) is 2.48. The zero-order valence-electron chi connectivity index (χ0n) is 8.61. The van der Waals surface area contributed by atoms with E-state index >= 15 is 0 Å². The summed E-state index contributed by atoms with van der Waals surface area (Å²) < 4.78 is 0.973. The van der Waals surface area contributed by atoms with Gasteiger partial charge in [-0.3, -0.25) is 9.59 Å². The van der Waals surface area contributed by atoms with Gasteiger partial charge in [-0.15, -0.1) is 0 Å². The SMILES string of the molecule is O=C(O)C1CC1C(=O)Nc1ccc(I)cc1Cl. The number of carboxylic acid groups (broad SMARTS) is 1. The molecular formula is C11H9ClINO3. The number of hydrogen-bond acceptors (Lipinski definition) is 2. The maximum absolute atomic E-state index is 11.7. The molecule has 1 aromatic rings. The molecule has 1 saturated carbocycles. The van der Waals surface area contributed by atoms with Crippen molar-refractivity contribution in [3.8, 4) is 0 Å². The highest BCUT2D eigenvalue weighted by Gasteiger charge is 2.48. The van der Waals surface area contributed by atoms with Gasteiger partial charge in [0.1, 0.15) is 0 Å². The van der Waals surface area contributed by atoms with Crippen molar-refractivity contribution >= 4 is 51.8 Å². The van der Waals surface area contributed by atoms with Crippen LogP contribution in [-0.2, 0) is 9.59 Å². The topological polar surface area (TPSA) is 66.4 Å². The van der Waals surface area contributed by atoms with Gasteiger partial charge in [0, 0.05) is 3.57 Å². The van der Waals surface area contributed by atoms with Crippen molar-refractivity contribution in [3.63, 3.8) is 0 Å². The van der Waals surface area contributed by atoms with Gasteiger partial charge >= 0.3 is 5.97 Å². The lowest BCUT2D eigenvalue weighted by atomic mass is 10.2. The Balaban J connectivity index is 2.02. The second kappa shape index (κ2) is 4.81. The molecule has 1 fully saturated rings. The molecule has 1 amide bonds. The van der Waals surface area contributed by atoms with Gasteiger partial charge in [0.25, 0.3) is 0 Å². The molecule has 0 spiro atoms. The number of nitrogens with one attached hydrogen (secondary N) is 1. The number of rotatable bonds is 3. The van der Waals surface area contributed by atoms with Gasteiger partial charge in [0.05, 0.1) is 22.5 Å². The summed E-state index contributed by atoms with van der Waals surface area (Å²) >= 11 is 8.08. The quantitative estimate of drug-likeness (QED) is 0.809. The molecule has 2 unspecified atom stereocenters. The molecule has 4 nitrogen and oxygen atoms in total. The Morgan fingerprint density at radius 3 is 2.65 bits per heavy atom. The van der Waals surface area contributed by atoms with Gasteiger partial charge < -0.3 is 10.4 Å². The fraction of sp³-hybridized carbons (Fsp3) is 0.273. The third-order valence-electron chi connectivity index (χ3n) is 2.63. The van der Waals surface area contributed by atoms with Gasteiger partial charge in [-0.2, -0.15) is 0 Å². The molecule has 2 atom stereocenters. The largest absolute Gasteiger partial charge is 0.481 e. The van der Waals surface area contributed by atoms with Crippen LogP contribution in [0.15, 0.2) is 18.2 Å². The van der Waals surface area contributed by atoms with E-state index in [0.29, 0.717) is 17.1 Å². The van der Waals surface area contributed by atoms with Crippen LogP contribution in [0.1, 0.15) is 6.42 Å². The van der Waals surface area contributed by atoms with Gasteiger partial charge in [0.2, 0.25) is 5.91 Å². The van der Waals surface area contributed by atoms with Crippen LogP contribution in [0.5, 0.6) is 0 Å². The van der Waals surface area contributed by atoms with Gasteiger partial charge in [0.15, 0.2) is 0 Å². The van der Waals surface area contributed by atoms with E-state index in [1.165, 1.54) is 0 Å². The third-order valence-corrected chi connectivity index (χ3v) is 3.62. The number of anilines is 1. The second-order valence-electron chi connectivity index (χ2n) is 3.90. The molecule has 0 saturated heterocycles. The summed E-state index contributed by atoms with van der Waals surface area (Å²) in [5, 5.41) is 11.8. The van der Waals surface area contributed by atoms with Crippen LogP contribution in [0.3, 0.4) is 0 Å². The Bertz CT molecular complexity index is 492. The van der Waals surface area contributed by atoms with E-state index in [1.807, 2.05) is 6.07 Å². The Hall–Kier alpha value is -0.820. The smallest absolute Gasteiger partial charge is 0.307 e. The van der Waals surface area contributed by atoms with E-state index in [4.69, 9.17) is 16.7 Å². The molecule has 0 aromatic heterocycles. The summed E-state index contributed by atoms with van der Waals surface area (Å²) in [7, 11) is 0. The molecule has 1 aromatic carbocycles. The number of carbonyl (C=O) groups excluding carboxylic acids is 1. The Morgan fingerprint density at radius 2 is 2.12 bits per heavy atom. The van der Waals surface area contributed by atoms with Crippen molar-refractivity contribution < 1.29 is 14.7 Å². The number of halogens is 2. The first-order valence-electron chi connectivity index (χ1n) is 4.98. The fourth-order valence-electron chi connectivity index (χ4n) is 1.57. The summed E-state index contributed by atoms with van der Waals surface area (Å²) in [5.74, 6) is -2.17. The van der Waals surface area contributed by atoms with Gasteiger partial charge in [-0.25, -0.2) is 0 Å². The van der Waals surface area contributed by atoms with E-state index in [1.54, 1.807) is 12.1 Å². The number of hydrogen-bond donors (Lipinski definition) is 2. The minimum Gasteiger partial charge on any atom is -0.481 e. The Kier molecular flexibility index (Phi) is 3.58. The summed E-state index contributed by atoms with van der Waals surface area (Å²) in [6, 6.07) is 5.27. The van der Waals surface area contributed by atoms with Crippen molar-refractivity contribution in [2.45, 2.75) is 6.42 Å². The molecule has 1 aliphatic carbocycles. The Morgan fingerprint density at radius 1 is 1.41 bits per heavy atom. The third kappa shape index (κ3) is 2.90. The van der Waals surface area contributed by atoms with Crippen LogP contribution in [0.2, 0.25) is 5.02 Å². The molecule has 90 valence electrons. The van der Waals surface area contributed by atoms with E-state index in [9.17, 15) is 9.59 Å². The van der Waals surface area contributed by atoms with Gasteiger partial charge in [-0.05, 0) is 47.2 Å². The van der Waals surface area contributed by atoms with Crippen molar-refractivity contribution in [2.24, 2.45) is 11.8 Å². The first-order valence-corrected chi connectivity index (χ1v) is 6.43. The van der Waals surface area contributed by atoms with Gasteiger partial charge in [-0.1, -0.05) is 11.6 Å². The van der Waals surface area contributed by atoms with E-state index in [2.05, 4.69) is 27.9 Å². The molecule has 0 radical (unpaired) electrons. The summed E-state index contributed by atoms with van der Waals surface area (Å²) in [6.07, 6.45) is 0.406. The molecular weight excluding hydrogens is 356 g/mol. The van der Waals surface area contributed by atoms with Crippen LogP contribution >= 0.6 is 34.2 Å². The van der Waals surface area contributed by atoms with Crippen LogP contribution in [0.25, 0.3) is 0 Å². The maximum atomic E-state index is 11.7. The number of benzene rings is 1. The van der Waals surface area contributed by atoms with E-state index in [-0.39, 0.29) is 5.91 Å². The normalized spacial score (nSPS) is 22.0. The summed E-state index contributed by atoms with van der Waals surface area (Å²) in [6.45, 7) is 0. The second-order valence-corrected chi connectivity index (χ2v) is 5.55. The van der Waals surface area contributed by atoms with Crippen LogP contribution in [0.4, 0.5) is 5.69 Å². The predicted molar refractivity (Wildman–Crippen MR) is 72.0 cm³/mol. The average molecular weight is 366 g/mol. The molecule has 1 aliphatic rings. The first-order chi connectivity index (χ1) is 7.99. The monoisotopic (exact) mass is 365 g/mol. The number of carbonyl (C=O) groups is 2. The maximum Gasteiger partial charge on any atom is 0.307 e. The molecule has 0 bridgehead atoms. The number of aliphatic carboxylic acids is 1. The zero-order valence-corrected chi connectivity index (χ0v) is 11.5. The molecule has 6 heteroatoms. The summed E-state index contributed by atoms with van der Waals surface area (Å²) in [4.78, 5) is 22.3.